The second-order valence-electron chi connectivity index (χ2n) is 5.43. The van der Waals surface area contributed by atoms with E-state index in [9.17, 15) is 9.59 Å². The predicted molar refractivity (Wildman–Crippen MR) is 77.0 cm³/mol. The molecule has 1 unspecified atom stereocenters. The molecular formula is C13H16Cl2N2O3. The number of nitrogens with one attached hydrogen (secondary N) is 1. The predicted octanol–water partition coefficient (Wildman–Crippen LogP) is 3.33. The van der Waals surface area contributed by atoms with Crippen LogP contribution in [-0.2, 0) is 15.1 Å². The van der Waals surface area contributed by atoms with Crippen LogP contribution in [0.2, 0.25) is 10.2 Å². The number of carbonyl (C=O) groups is 2. The summed E-state index contributed by atoms with van der Waals surface area (Å²) in [7, 11) is 0. The van der Waals surface area contributed by atoms with Gasteiger partial charge in [-0.15, -0.1) is 0 Å². The number of hydrogen-bond donors (Lipinski definition) is 1. The minimum atomic E-state index is -1.36. The summed E-state index contributed by atoms with van der Waals surface area (Å²) in [6.07, 6.45) is 1.16. The number of rotatable bonds is 3. The summed E-state index contributed by atoms with van der Waals surface area (Å²) in [4.78, 5) is 27.0. The number of ether oxygens (including phenoxy) is 1. The van der Waals surface area contributed by atoms with E-state index >= 15 is 0 Å². The lowest BCUT2D eigenvalue weighted by Crippen LogP contribution is -2.47. The van der Waals surface area contributed by atoms with Gasteiger partial charge in [0.25, 0.3) is 0 Å². The Morgan fingerprint density at radius 1 is 1.35 bits per heavy atom. The smallest absolute Gasteiger partial charge is 0.408 e. The monoisotopic (exact) mass is 318 g/mol. The molecule has 20 heavy (non-hydrogen) atoms. The Morgan fingerprint density at radius 3 is 2.45 bits per heavy atom. The summed E-state index contributed by atoms with van der Waals surface area (Å²) in [5.74, 6) is 0. The molecule has 0 aliphatic carbocycles. The van der Waals surface area contributed by atoms with Crippen LogP contribution in [0.4, 0.5) is 4.79 Å². The lowest BCUT2D eigenvalue weighted by atomic mass is 9.95. The van der Waals surface area contributed by atoms with Crippen molar-refractivity contribution in [1.29, 1.82) is 0 Å². The third-order valence-corrected chi connectivity index (χ3v) is 2.89. The van der Waals surface area contributed by atoms with Gasteiger partial charge < -0.3 is 14.8 Å². The zero-order valence-electron chi connectivity index (χ0n) is 11.7. The maximum atomic E-state index is 11.8. The van der Waals surface area contributed by atoms with Crippen molar-refractivity contribution in [2.45, 2.75) is 38.8 Å². The molecule has 0 spiro atoms. The molecule has 0 fully saturated rings. The van der Waals surface area contributed by atoms with Gasteiger partial charge in [-0.2, -0.15) is 0 Å². The molecule has 1 amide bonds. The fraction of sp³-hybridized carbons (Fsp3) is 0.462. The summed E-state index contributed by atoms with van der Waals surface area (Å²) >= 11 is 11.8. The molecule has 1 aromatic rings. The summed E-state index contributed by atoms with van der Waals surface area (Å²) in [6.45, 7) is 6.67. The number of aldehydes is 1. The molecule has 110 valence electrons. The average molecular weight is 319 g/mol. The van der Waals surface area contributed by atoms with Gasteiger partial charge in [0.2, 0.25) is 0 Å². The van der Waals surface area contributed by atoms with Crippen LogP contribution in [0.15, 0.2) is 12.3 Å². The van der Waals surface area contributed by atoms with Crippen LogP contribution >= 0.6 is 23.2 Å². The highest BCUT2D eigenvalue weighted by atomic mass is 35.5. The molecule has 0 bridgehead atoms. The highest BCUT2D eigenvalue weighted by Gasteiger charge is 2.32. The average Bonchev–Trinajstić information content (AvgIpc) is 2.29. The standard InChI is InChI=1S/C13H16Cl2N2O3/c1-12(2,3)20-11(19)17-13(4,7-18)8-5-10(15)16-6-9(8)14/h5-7H,1-4H3,(H,17,19). The van der Waals surface area contributed by atoms with E-state index in [0.29, 0.717) is 11.8 Å². The van der Waals surface area contributed by atoms with E-state index in [0.717, 1.165) is 0 Å². The number of pyridine rings is 1. The highest BCUT2D eigenvalue weighted by molar-refractivity contribution is 6.33. The summed E-state index contributed by atoms with van der Waals surface area (Å²) in [6, 6.07) is 1.43. The Balaban J connectivity index is 3.06. The molecule has 1 heterocycles. The van der Waals surface area contributed by atoms with Crippen LogP contribution in [-0.4, -0.2) is 23.0 Å². The normalized spacial score (nSPS) is 14.3. The molecule has 0 saturated heterocycles. The van der Waals surface area contributed by atoms with Gasteiger partial charge in [0, 0.05) is 11.8 Å². The fourth-order valence-corrected chi connectivity index (χ4v) is 1.94. The molecule has 0 aliphatic rings. The minimum absolute atomic E-state index is 0.170. The van der Waals surface area contributed by atoms with Crippen LogP contribution in [0.5, 0.6) is 0 Å². The second kappa shape index (κ2) is 5.97. The topological polar surface area (TPSA) is 68.3 Å². The summed E-state index contributed by atoms with van der Waals surface area (Å²) in [5, 5.41) is 2.88. The number of alkyl carbamates (subject to hydrolysis) is 1. The number of halogens is 2. The molecule has 1 atom stereocenters. The van der Waals surface area contributed by atoms with Crippen molar-refractivity contribution in [2.24, 2.45) is 0 Å². The third kappa shape index (κ3) is 4.35. The first-order valence-corrected chi connectivity index (χ1v) is 6.62. The number of hydrogen-bond acceptors (Lipinski definition) is 4. The van der Waals surface area contributed by atoms with Gasteiger partial charge in [-0.05, 0) is 33.8 Å². The highest BCUT2D eigenvalue weighted by Crippen LogP contribution is 2.28. The largest absolute Gasteiger partial charge is 0.444 e. The quantitative estimate of drug-likeness (QED) is 0.685. The van der Waals surface area contributed by atoms with Crippen molar-refractivity contribution in [3.8, 4) is 0 Å². The zero-order chi connectivity index (χ0) is 15.6. The maximum absolute atomic E-state index is 11.8. The van der Waals surface area contributed by atoms with Crippen molar-refractivity contribution in [3.63, 3.8) is 0 Å². The molecule has 1 aromatic heterocycles. The van der Waals surface area contributed by atoms with Crippen molar-refractivity contribution in [2.75, 3.05) is 0 Å². The number of amides is 1. The van der Waals surface area contributed by atoms with Crippen molar-refractivity contribution < 1.29 is 14.3 Å². The van der Waals surface area contributed by atoms with E-state index in [2.05, 4.69) is 10.3 Å². The second-order valence-corrected chi connectivity index (χ2v) is 6.23. The van der Waals surface area contributed by atoms with Gasteiger partial charge >= 0.3 is 6.09 Å². The first-order valence-electron chi connectivity index (χ1n) is 5.86. The van der Waals surface area contributed by atoms with Crippen LogP contribution in [0.3, 0.4) is 0 Å². The number of aromatic nitrogens is 1. The lowest BCUT2D eigenvalue weighted by Gasteiger charge is -2.28. The first kappa shape index (κ1) is 16.7. The van der Waals surface area contributed by atoms with Crippen LogP contribution in [0.25, 0.3) is 0 Å². The molecule has 0 aromatic carbocycles. The summed E-state index contributed by atoms with van der Waals surface area (Å²) < 4.78 is 5.13. The molecule has 0 saturated carbocycles. The van der Waals surface area contributed by atoms with Crippen molar-refractivity contribution in [3.05, 3.63) is 28.0 Å². The van der Waals surface area contributed by atoms with Gasteiger partial charge in [-0.3, -0.25) is 0 Å². The minimum Gasteiger partial charge on any atom is -0.444 e. The summed E-state index contributed by atoms with van der Waals surface area (Å²) in [5.41, 5.74) is -1.68. The maximum Gasteiger partial charge on any atom is 0.408 e. The molecular weight excluding hydrogens is 303 g/mol. The Labute approximate surface area is 127 Å². The van der Waals surface area contributed by atoms with Crippen LogP contribution in [0, 0.1) is 0 Å². The molecule has 0 aliphatic heterocycles. The first-order chi connectivity index (χ1) is 9.07. The Bertz CT molecular complexity index is 529. The molecule has 1 rings (SSSR count). The number of carbonyl (C=O) groups excluding carboxylic acids is 2. The van der Waals surface area contributed by atoms with Gasteiger partial charge in [0.1, 0.15) is 22.6 Å². The van der Waals surface area contributed by atoms with Crippen LogP contribution in [0.1, 0.15) is 33.3 Å². The Hall–Kier alpha value is -1.33. The van der Waals surface area contributed by atoms with E-state index in [1.165, 1.54) is 19.2 Å². The lowest BCUT2D eigenvalue weighted by molar-refractivity contribution is -0.113. The van der Waals surface area contributed by atoms with E-state index in [1.54, 1.807) is 20.8 Å². The van der Waals surface area contributed by atoms with E-state index in [-0.39, 0.29) is 10.2 Å². The van der Waals surface area contributed by atoms with Crippen LogP contribution < -0.4 is 5.32 Å². The fourth-order valence-electron chi connectivity index (χ4n) is 1.49. The molecule has 5 nitrogen and oxygen atoms in total. The zero-order valence-corrected chi connectivity index (χ0v) is 13.2. The Morgan fingerprint density at radius 2 is 1.95 bits per heavy atom. The van der Waals surface area contributed by atoms with Gasteiger partial charge in [-0.25, -0.2) is 9.78 Å². The van der Waals surface area contributed by atoms with Gasteiger partial charge in [-0.1, -0.05) is 23.2 Å². The van der Waals surface area contributed by atoms with E-state index in [1.807, 2.05) is 0 Å². The third-order valence-electron chi connectivity index (χ3n) is 2.38. The van der Waals surface area contributed by atoms with E-state index in [4.69, 9.17) is 27.9 Å². The van der Waals surface area contributed by atoms with Crippen molar-refractivity contribution >= 4 is 35.6 Å². The molecule has 0 radical (unpaired) electrons. The number of nitrogens with zero attached hydrogens (tertiary/aromatic N) is 1. The van der Waals surface area contributed by atoms with Gasteiger partial charge in [0.05, 0.1) is 5.02 Å². The van der Waals surface area contributed by atoms with Gasteiger partial charge in [0.15, 0.2) is 0 Å². The molecule has 7 heteroatoms. The van der Waals surface area contributed by atoms with Crippen molar-refractivity contribution in [1.82, 2.24) is 10.3 Å². The Kier molecular flexibility index (Phi) is 5.00. The molecule has 1 N–H and O–H groups in total. The SMILES string of the molecule is CC(C)(C)OC(=O)NC(C)(C=O)c1cc(Cl)ncc1Cl. The van der Waals surface area contributed by atoms with E-state index < -0.39 is 17.2 Å².